The Kier molecular flexibility index (Phi) is 6.15. The molecule has 0 aliphatic rings. The Labute approximate surface area is 136 Å². The van der Waals surface area contributed by atoms with Crippen molar-refractivity contribution in [2.75, 3.05) is 12.3 Å². The van der Waals surface area contributed by atoms with Gasteiger partial charge in [-0.15, -0.1) is 11.8 Å². The Hall–Kier alpha value is -0.970. The van der Waals surface area contributed by atoms with Gasteiger partial charge in [-0.1, -0.05) is 36.2 Å². The van der Waals surface area contributed by atoms with E-state index in [-0.39, 0.29) is 6.04 Å². The van der Waals surface area contributed by atoms with Gasteiger partial charge in [0.2, 0.25) is 0 Å². The van der Waals surface area contributed by atoms with Crippen molar-refractivity contribution < 1.29 is 0 Å². The number of nitrogens with one attached hydrogen (secondary N) is 1. The fourth-order valence-electron chi connectivity index (χ4n) is 2.34. The average molecular weight is 324 g/mol. The first kappa shape index (κ1) is 16.4. The summed E-state index contributed by atoms with van der Waals surface area (Å²) in [5, 5.41) is 8.60. The van der Waals surface area contributed by atoms with Crippen molar-refractivity contribution in [1.29, 1.82) is 0 Å². The second-order valence-corrected chi connectivity index (χ2v) is 6.43. The number of benzene rings is 1. The third-order valence-electron chi connectivity index (χ3n) is 3.32. The van der Waals surface area contributed by atoms with E-state index in [9.17, 15) is 0 Å². The predicted molar refractivity (Wildman–Crippen MR) is 91.2 cm³/mol. The molecule has 0 spiro atoms. The van der Waals surface area contributed by atoms with Crippen LogP contribution in [0.2, 0.25) is 5.02 Å². The number of nitrogens with zero attached hydrogens (tertiary/aromatic N) is 2. The molecule has 0 aliphatic heterocycles. The third-order valence-corrected chi connectivity index (χ3v) is 4.70. The van der Waals surface area contributed by atoms with Gasteiger partial charge in [0.1, 0.15) is 0 Å². The van der Waals surface area contributed by atoms with Gasteiger partial charge in [0, 0.05) is 17.2 Å². The van der Waals surface area contributed by atoms with Crippen LogP contribution in [0, 0.1) is 6.92 Å². The van der Waals surface area contributed by atoms with Gasteiger partial charge in [0.15, 0.2) is 0 Å². The molecule has 5 heteroatoms. The smallest absolute Gasteiger partial charge is 0.0834 e. The molecule has 1 aromatic heterocycles. The monoisotopic (exact) mass is 323 g/mol. The van der Waals surface area contributed by atoms with Gasteiger partial charge >= 0.3 is 0 Å². The van der Waals surface area contributed by atoms with Gasteiger partial charge in [-0.2, -0.15) is 5.10 Å². The first-order valence-corrected chi connectivity index (χ1v) is 8.66. The lowest BCUT2D eigenvalue weighted by atomic mass is 10.2. The molecule has 1 unspecified atom stereocenters. The minimum Gasteiger partial charge on any atom is -0.308 e. The minimum absolute atomic E-state index is 0.204. The summed E-state index contributed by atoms with van der Waals surface area (Å²) < 4.78 is 1.98. The molecule has 21 heavy (non-hydrogen) atoms. The maximum absolute atomic E-state index is 6.33. The molecule has 0 saturated heterocycles. The standard InChI is InChI=1S/C16H22ClN3S/c1-4-18-15(16-14(17)10-19-20(16)5-2)11-21-13-8-6-7-12(3)9-13/h6-10,15,18H,4-5,11H2,1-3H3. The molecule has 0 fully saturated rings. The number of aromatic nitrogens is 2. The van der Waals surface area contributed by atoms with Crippen LogP contribution >= 0.6 is 23.4 Å². The van der Waals surface area contributed by atoms with E-state index in [1.165, 1.54) is 10.5 Å². The Morgan fingerprint density at radius 2 is 2.19 bits per heavy atom. The highest BCUT2D eigenvalue weighted by molar-refractivity contribution is 7.99. The van der Waals surface area contributed by atoms with Gasteiger partial charge < -0.3 is 5.32 Å². The molecule has 2 rings (SSSR count). The van der Waals surface area contributed by atoms with Crippen LogP contribution in [0.5, 0.6) is 0 Å². The largest absolute Gasteiger partial charge is 0.308 e. The molecule has 2 aromatic rings. The summed E-state index contributed by atoms with van der Waals surface area (Å²) in [7, 11) is 0. The van der Waals surface area contributed by atoms with Crippen LogP contribution in [0.15, 0.2) is 35.4 Å². The zero-order chi connectivity index (χ0) is 15.2. The molecule has 0 radical (unpaired) electrons. The number of rotatable bonds is 7. The topological polar surface area (TPSA) is 29.9 Å². The van der Waals surface area contributed by atoms with Crippen LogP contribution in [0.3, 0.4) is 0 Å². The summed E-state index contributed by atoms with van der Waals surface area (Å²) in [5.74, 6) is 0.933. The fraction of sp³-hybridized carbons (Fsp3) is 0.438. The zero-order valence-corrected chi connectivity index (χ0v) is 14.3. The Morgan fingerprint density at radius 1 is 1.38 bits per heavy atom. The Balaban J connectivity index is 2.14. The van der Waals surface area contributed by atoms with Crippen molar-refractivity contribution in [2.45, 2.75) is 38.3 Å². The Morgan fingerprint density at radius 3 is 2.86 bits per heavy atom. The number of hydrogen-bond donors (Lipinski definition) is 1. The number of aryl methyl sites for hydroxylation is 2. The molecule has 0 amide bonds. The van der Waals surface area contributed by atoms with E-state index in [0.29, 0.717) is 0 Å². The maximum Gasteiger partial charge on any atom is 0.0834 e. The van der Waals surface area contributed by atoms with Gasteiger partial charge in [-0.05, 0) is 32.5 Å². The van der Waals surface area contributed by atoms with Crippen molar-refractivity contribution in [1.82, 2.24) is 15.1 Å². The van der Waals surface area contributed by atoms with Crippen LogP contribution in [-0.4, -0.2) is 22.1 Å². The number of thioether (sulfide) groups is 1. The lowest BCUT2D eigenvalue weighted by molar-refractivity contribution is 0.527. The highest BCUT2D eigenvalue weighted by atomic mass is 35.5. The molecule has 0 aliphatic carbocycles. The first-order chi connectivity index (χ1) is 10.2. The minimum atomic E-state index is 0.204. The number of halogens is 1. The summed E-state index contributed by atoms with van der Waals surface area (Å²) in [6.45, 7) is 8.06. The quantitative estimate of drug-likeness (QED) is 0.770. The molecular weight excluding hydrogens is 302 g/mol. The summed E-state index contributed by atoms with van der Waals surface area (Å²) >= 11 is 8.18. The van der Waals surface area contributed by atoms with E-state index in [1.54, 1.807) is 6.20 Å². The second kappa shape index (κ2) is 7.87. The van der Waals surface area contributed by atoms with E-state index in [4.69, 9.17) is 11.6 Å². The van der Waals surface area contributed by atoms with E-state index in [1.807, 2.05) is 16.4 Å². The van der Waals surface area contributed by atoms with Crippen LogP contribution in [0.4, 0.5) is 0 Å². The van der Waals surface area contributed by atoms with Gasteiger partial charge in [0.25, 0.3) is 0 Å². The molecular formula is C16H22ClN3S. The van der Waals surface area contributed by atoms with Gasteiger partial charge in [-0.3, -0.25) is 4.68 Å². The predicted octanol–water partition coefficient (Wildman–Crippen LogP) is 4.31. The van der Waals surface area contributed by atoms with Gasteiger partial charge in [0.05, 0.1) is 23.0 Å². The van der Waals surface area contributed by atoms with E-state index < -0.39 is 0 Å². The highest BCUT2D eigenvalue weighted by Crippen LogP contribution is 2.29. The van der Waals surface area contributed by atoms with Crippen LogP contribution in [0.1, 0.15) is 31.1 Å². The number of hydrogen-bond acceptors (Lipinski definition) is 3. The van der Waals surface area contributed by atoms with Crippen molar-refractivity contribution in [3.8, 4) is 0 Å². The molecule has 1 heterocycles. The molecule has 3 nitrogen and oxygen atoms in total. The average Bonchev–Trinajstić information content (AvgIpc) is 2.84. The molecule has 1 atom stereocenters. The first-order valence-electron chi connectivity index (χ1n) is 7.29. The van der Waals surface area contributed by atoms with Crippen molar-refractivity contribution >= 4 is 23.4 Å². The summed E-state index contributed by atoms with van der Waals surface area (Å²) in [5.41, 5.74) is 2.37. The van der Waals surface area contributed by atoms with Crippen molar-refractivity contribution in [3.05, 3.63) is 46.7 Å². The molecule has 0 saturated carbocycles. The maximum atomic E-state index is 6.33. The highest BCUT2D eigenvalue weighted by Gasteiger charge is 2.19. The van der Waals surface area contributed by atoms with E-state index in [2.05, 4.69) is 55.5 Å². The summed E-state index contributed by atoms with van der Waals surface area (Å²) in [4.78, 5) is 1.29. The van der Waals surface area contributed by atoms with Gasteiger partial charge in [-0.25, -0.2) is 0 Å². The van der Waals surface area contributed by atoms with E-state index in [0.717, 1.165) is 29.6 Å². The van der Waals surface area contributed by atoms with Crippen LogP contribution < -0.4 is 5.32 Å². The molecule has 1 N–H and O–H groups in total. The SMILES string of the molecule is CCNC(CSc1cccc(C)c1)c1c(Cl)cnn1CC. The summed E-state index contributed by atoms with van der Waals surface area (Å²) in [6.07, 6.45) is 1.74. The molecule has 114 valence electrons. The fourth-order valence-corrected chi connectivity index (χ4v) is 3.69. The van der Waals surface area contributed by atoms with Crippen LogP contribution in [0.25, 0.3) is 0 Å². The zero-order valence-electron chi connectivity index (χ0n) is 12.8. The lowest BCUT2D eigenvalue weighted by Gasteiger charge is -2.19. The lowest BCUT2D eigenvalue weighted by Crippen LogP contribution is -2.26. The van der Waals surface area contributed by atoms with Crippen molar-refractivity contribution in [2.24, 2.45) is 0 Å². The summed E-state index contributed by atoms with van der Waals surface area (Å²) in [6, 6.07) is 8.79. The molecule has 0 bridgehead atoms. The van der Waals surface area contributed by atoms with Crippen LogP contribution in [-0.2, 0) is 6.54 Å². The van der Waals surface area contributed by atoms with E-state index >= 15 is 0 Å². The van der Waals surface area contributed by atoms with Crippen molar-refractivity contribution in [3.63, 3.8) is 0 Å². The second-order valence-electron chi connectivity index (χ2n) is 4.93. The normalized spacial score (nSPS) is 12.6. The Bertz CT molecular complexity index is 583. The third kappa shape index (κ3) is 4.25. The molecule has 1 aromatic carbocycles.